The Hall–Kier alpha value is -3.92. The van der Waals surface area contributed by atoms with E-state index in [0.717, 1.165) is 29.7 Å². The van der Waals surface area contributed by atoms with Gasteiger partial charge in [-0.1, -0.05) is 49.1 Å². The van der Waals surface area contributed by atoms with Gasteiger partial charge in [0.1, 0.15) is 17.8 Å². The molecule has 0 saturated carbocycles. The van der Waals surface area contributed by atoms with Crippen LogP contribution in [0.1, 0.15) is 51.5 Å². The average molecular weight is 557 g/mol. The Morgan fingerprint density at radius 2 is 1.65 bits per heavy atom. The fourth-order valence-corrected chi connectivity index (χ4v) is 3.79. The summed E-state index contributed by atoms with van der Waals surface area (Å²) in [5, 5.41) is 20.2. The maximum atomic E-state index is 13.3. The lowest BCUT2D eigenvalue weighted by Gasteiger charge is -2.23. The zero-order chi connectivity index (χ0) is 29.9. The van der Waals surface area contributed by atoms with Gasteiger partial charge < -0.3 is 31.1 Å². The smallest absolute Gasteiger partial charge is 0.303 e. The van der Waals surface area contributed by atoms with Gasteiger partial charge in [0.05, 0.1) is 6.61 Å². The van der Waals surface area contributed by atoms with Crippen LogP contribution in [0.3, 0.4) is 0 Å². The van der Waals surface area contributed by atoms with Gasteiger partial charge in [0.15, 0.2) is 0 Å². The van der Waals surface area contributed by atoms with E-state index in [-0.39, 0.29) is 25.8 Å². The number of hydrogen-bond donors (Lipinski definition) is 5. The second kappa shape index (κ2) is 19.2. The highest BCUT2D eigenvalue weighted by atomic mass is 16.5. The highest BCUT2D eigenvalue weighted by molar-refractivity contribution is 5.91. The van der Waals surface area contributed by atoms with E-state index in [1.807, 2.05) is 44.3 Å². The summed E-state index contributed by atoms with van der Waals surface area (Å²) in [6.07, 6.45) is 3.59. The molecule has 5 N–H and O–H groups in total. The van der Waals surface area contributed by atoms with E-state index in [1.54, 1.807) is 6.08 Å². The highest BCUT2D eigenvalue weighted by Gasteiger charge is 2.26. The summed E-state index contributed by atoms with van der Waals surface area (Å²) in [5.74, 6) is -1.91. The van der Waals surface area contributed by atoms with Gasteiger partial charge in [0, 0.05) is 19.9 Å². The Balaban J connectivity index is 2.97. The minimum Gasteiger partial charge on any atom is -0.494 e. The third kappa shape index (κ3) is 14.9. The Labute approximate surface area is 237 Å². The molecule has 0 aromatic heterocycles. The molecule has 1 aromatic rings. The van der Waals surface area contributed by atoms with Gasteiger partial charge >= 0.3 is 5.97 Å². The minimum absolute atomic E-state index is 0.129. The fourth-order valence-electron chi connectivity index (χ4n) is 3.79. The number of aryl methyl sites for hydroxylation is 1. The number of benzene rings is 1. The lowest BCUT2D eigenvalue weighted by atomic mass is 10.0. The van der Waals surface area contributed by atoms with Gasteiger partial charge in [-0.15, -0.1) is 0 Å². The third-order valence-corrected chi connectivity index (χ3v) is 5.97. The van der Waals surface area contributed by atoms with E-state index in [4.69, 9.17) is 9.84 Å². The Morgan fingerprint density at radius 1 is 0.975 bits per heavy atom. The van der Waals surface area contributed by atoms with Crippen LogP contribution >= 0.6 is 0 Å². The van der Waals surface area contributed by atoms with Crippen molar-refractivity contribution in [3.63, 3.8) is 0 Å². The van der Waals surface area contributed by atoms with Crippen molar-refractivity contribution >= 4 is 23.7 Å². The highest BCUT2D eigenvalue weighted by Crippen LogP contribution is 2.12. The summed E-state index contributed by atoms with van der Waals surface area (Å²) in [6, 6.07) is 7.72. The van der Waals surface area contributed by atoms with E-state index < -0.39 is 35.8 Å². The van der Waals surface area contributed by atoms with Crippen LogP contribution in [0.2, 0.25) is 0 Å². The molecule has 220 valence electrons. The second-order valence-electron chi connectivity index (χ2n) is 9.56. The van der Waals surface area contributed by atoms with Gasteiger partial charge in [0.25, 0.3) is 0 Å². The third-order valence-electron chi connectivity index (χ3n) is 5.97. The van der Waals surface area contributed by atoms with Crippen molar-refractivity contribution in [3.05, 3.63) is 72.0 Å². The molecule has 1 rings (SSSR count). The number of amides is 3. The van der Waals surface area contributed by atoms with E-state index in [1.165, 1.54) is 6.92 Å². The first-order valence-electron chi connectivity index (χ1n) is 13.5. The molecule has 1 unspecified atom stereocenters. The topological polar surface area (TPSA) is 146 Å². The standard InChI is InChI=1S/C30H44N4O6/c1-21(2)25(19-22(3)40-18-10-17-31-5)20-32-29(38)27(16-15-24-11-7-6-8-12-24)34-30(39)26(33-23(4)35)13-9-14-28(36)37/h6-8,11-12,19,26-27,31H,1,3,9-10,13-18,20H2,2,4-5H3,(H,32,38)(H,33,35)(H,34,39)(H,36,37)/b25-19-/t26-,27?/m0/s1. The van der Waals surface area contributed by atoms with Crippen molar-refractivity contribution < 1.29 is 29.0 Å². The molecule has 0 heterocycles. The van der Waals surface area contributed by atoms with E-state index in [9.17, 15) is 19.2 Å². The number of hydrogen-bond acceptors (Lipinski definition) is 6. The van der Waals surface area contributed by atoms with Gasteiger partial charge in [-0.2, -0.15) is 0 Å². The molecule has 0 fully saturated rings. The monoisotopic (exact) mass is 556 g/mol. The van der Waals surface area contributed by atoms with Gasteiger partial charge in [-0.3, -0.25) is 19.2 Å². The van der Waals surface area contributed by atoms with Crippen molar-refractivity contribution in [1.82, 2.24) is 21.3 Å². The molecular formula is C30H44N4O6. The molecule has 0 saturated heterocycles. The van der Waals surface area contributed by atoms with Crippen LogP contribution in [0.5, 0.6) is 0 Å². The molecule has 0 aliphatic carbocycles. The van der Waals surface area contributed by atoms with Crippen molar-refractivity contribution in [2.45, 2.75) is 64.5 Å². The molecule has 0 bridgehead atoms. The SMILES string of the molecule is C=C(/C=C(/CNC(=O)C(CCc1ccccc1)NC(=O)[C@H](CCCC(=O)O)NC(C)=O)C(=C)C)OCCCNC. The molecule has 40 heavy (non-hydrogen) atoms. The Morgan fingerprint density at radius 3 is 2.25 bits per heavy atom. The van der Waals surface area contributed by atoms with Crippen LogP contribution < -0.4 is 21.3 Å². The van der Waals surface area contributed by atoms with Crippen LogP contribution in [0.15, 0.2) is 66.5 Å². The number of carbonyl (C=O) groups excluding carboxylic acids is 3. The summed E-state index contributed by atoms with van der Waals surface area (Å²) in [4.78, 5) is 49.0. The molecule has 0 aliphatic heterocycles. The van der Waals surface area contributed by atoms with Gasteiger partial charge in [0.2, 0.25) is 17.7 Å². The number of carboxylic acid groups (broad SMARTS) is 1. The summed E-state index contributed by atoms with van der Waals surface area (Å²) >= 11 is 0. The van der Waals surface area contributed by atoms with Gasteiger partial charge in [-0.25, -0.2) is 0 Å². The van der Waals surface area contributed by atoms with Crippen LogP contribution in [0.4, 0.5) is 0 Å². The van der Waals surface area contributed by atoms with Crippen molar-refractivity contribution in [1.29, 1.82) is 0 Å². The van der Waals surface area contributed by atoms with E-state index in [2.05, 4.69) is 34.4 Å². The van der Waals surface area contributed by atoms with Gasteiger partial charge in [-0.05, 0) is 69.8 Å². The van der Waals surface area contributed by atoms with Crippen molar-refractivity contribution in [2.75, 3.05) is 26.7 Å². The number of allylic oxidation sites excluding steroid dienone is 1. The fraction of sp³-hybridized carbons (Fsp3) is 0.467. The predicted octanol–water partition coefficient (Wildman–Crippen LogP) is 2.62. The first-order valence-corrected chi connectivity index (χ1v) is 13.5. The molecule has 0 radical (unpaired) electrons. The molecule has 1 aromatic carbocycles. The molecule has 0 aliphatic rings. The zero-order valence-corrected chi connectivity index (χ0v) is 23.9. The number of nitrogens with one attached hydrogen (secondary N) is 4. The molecule has 0 spiro atoms. The number of rotatable bonds is 20. The van der Waals surface area contributed by atoms with E-state index >= 15 is 0 Å². The maximum Gasteiger partial charge on any atom is 0.303 e. The average Bonchev–Trinajstić information content (AvgIpc) is 2.90. The Kier molecular flexibility index (Phi) is 16.4. The molecular weight excluding hydrogens is 512 g/mol. The largest absolute Gasteiger partial charge is 0.494 e. The summed E-state index contributed by atoms with van der Waals surface area (Å²) in [5.41, 5.74) is 2.46. The maximum absolute atomic E-state index is 13.3. The molecule has 3 amide bonds. The van der Waals surface area contributed by atoms with E-state index in [0.29, 0.717) is 25.2 Å². The van der Waals surface area contributed by atoms with Crippen LogP contribution in [0, 0.1) is 0 Å². The number of carbonyl (C=O) groups is 4. The summed E-state index contributed by atoms with van der Waals surface area (Å²) < 4.78 is 5.63. The molecule has 10 heteroatoms. The summed E-state index contributed by atoms with van der Waals surface area (Å²) in [7, 11) is 1.87. The Bertz CT molecular complexity index is 1040. The quantitative estimate of drug-likeness (QED) is 0.0943. The minimum atomic E-state index is -0.991. The lowest BCUT2D eigenvalue weighted by molar-refractivity contribution is -0.137. The number of ether oxygens (including phenoxy) is 1. The number of carboxylic acids is 1. The summed E-state index contributed by atoms with van der Waals surface area (Å²) in [6.45, 7) is 12.5. The van der Waals surface area contributed by atoms with Crippen LogP contribution in [0.25, 0.3) is 0 Å². The molecule has 10 nitrogen and oxygen atoms in total. The van der Waals surface area contributed by atoms with Crippen LogP contribution in [-0.4, -0.2) is 67.6 Å². The normalized spacial score (nSPS) is 12.5. The molecule has 2 atom stereocenters. The first-order chi connectivity index (χ1) is 19.0. The van der Waals surface area contributed by atoms with Crippen LogP contribution in [-0.2, 0) is 30.3 Å². The van der Waals surface area contributed by atoms with Crippen molar-refractivity contribution in [2.24, 2.45) is 0 Å². The second-order valence-corrected chi connectivity index (χ2v) is 9.56. The first kappa shape index (κ1) is 34.1. The number of aliphatic carboxylic acids is 1. The lowest BCUT2D eigenvalue weighted by Crippen LogP contribution is -2.53. The predicted molar refractivity (Wildman–Crippen MR) is 155 cm³/mol. The van der Waals surface area contributed by atoms with Crippen molar-refractivity contribution in [3.8, 4) is 0 Å². The zero-order valence-electron chi connectivity index (χ0n) is 23.9.